The molecule has 27 heavy (non-hydrogen) atoms. The second-order valence-electron chi connectivity index (χ2n) is 7.01. The van der Waals surface area contributed by atoms with Gasteiger partial charge >= 0.3 is 0 Å². The molecule has 0 saturated carbocycles. The maximum Gasteiger partial charge on any atom is 0.260 e. The van der Waals surface area contributed by atoms with Crippen LogP contribution in [0.25, 0.3) is 0 Å². The molecule has 2 aromatic rings. The van der Waals surface area contributed by atoms with Crippen molar-refractivity contribution in [3.05, 3.63) is 51.4 Å². The second-order valence-corrected chi connectivity index (χ2v) is 7.80. The predicted molar refractivity (Wildman–Crippen MR) is 107 cm³/mol. The van der Waals surface area contributed by atoms with Gasteiger partial charge in [0, 0.05) is 18.2 Å². The molecule has 2 heterocycles. The first-order valence-corrected chi connectivity index (χ1v) is 9.82. The van der Waals surface area contributed by atoms with Crippen molar-refractivity contribution in [3.63, 3.8) is 0 Å². The molecule has 2 amide bonds. The fraction of sp³-hybridized carbons (Fsp3) is 0.400. The van der Waals surface area contributed by atoms with Gasteiger partial charge < -0.3 is 15.5 Å². The molecule has 1 aromatic carbocycles. The molecule has 1 aliphatic heterocycles. The quantitative estimate of drug-likeness (QED) is 0.753. The molecule has 3 rings (SSSR count). The van der Waals surface area contributed by atoms with E-state index < -0.39 is 0 Å². The van der Waals surface area contributed by atoms with Crippen molar-refractivity contribution in [2.45, 2.75) is 33.2 Å². The first-order valence-electron chi connectivity index (χ1n) is 9.02. The number of hydrogen-bond donors (Lipinski definition) is 2. The number of piperidine rings is 1. The summed E-state index contributed by atoms with van der Waals surface area (Å²) in [6, 6.07) is 7.83. The standard InChI is InChI=1S/C20H24BrN3O3/c1-12-17(18(21)13(2)27-12)20(26)23-16-5-3-4-14(10-16)11-24-8-6-15(7-9-24)19(22)25/h3-5,10,15H,6-9,11H2,1-2H3,(H2,22,25)(H,23,26). The van der Waals surface area contributed by atoms with Crippen LogP contribution in [0.5, 0.6) is 0 Å². The van der Waals surface area contributed by atoms with Crippen molar-refractivity contribution in [1.29, 1.82) is 0 Å². The maximum atomic E-state index is 12.6. The Kier molecular flexibility index (Phi) is 6.01. The number of anilines is 1. The van der Waals surface area contributed by atoms with Crippen LogP contribution >= 0.6 is 15.9 Å². The zero-order chi connectivity index (χ0) is 19.6. The van der Waals surface area contributed by atoms with Crippen LogP contribution in [0.3, 0.4) is 0 Å². The Balaban J connectivity index is 1.64. The Bertz CT molecular complexity index is 854. The number of benzene rings is 1. The van der Waals surface area contributed by atoms with Crippen LogP contribution in [0.1, 0.15) is 40.3 Å². The number of carbonyl (C=O) groups excluding carboxylic acids is 2. The van der Waals surface area contributed by atoms with Crippen molar-refractivity contribution < 1.29 is 14.0 Å². The third kappa shape index (κ3) is 4.59. The van der Waals surface area contributed by atoms with Crippen LogP contribution in [0.15, 0.2) is 33.2 Å². The van der Waals surface area contributed by atoms with E-state index in [1.165, 1.54) is 0 Å². The molecule has 0 unspecified atom stereocenters. The number of nitrogens with one attached hydrogen (secondary N) is 1. The van der Waals surface area contributed by atoms with Crippen molar-refractivity contribution in [2.24, 2.45) is 11.7 Å². The second kappa shape index (κ2) is 8.27. The zero-order valence-corrected chi connectivity index (χ0v) is 17.1. The molecule has 1 aliphatic rings. The van der Waals surface area contributed by atoms with Crippen molar-refractivity contribution >= 4 is 33.4 Å². The molecule has 1 fully saturated rings. The summed E-state index contributed by atoms with van der Waals surface area (Å²) in [6.07, 6.45) is 1.61. The SMILES string of the molecule is Cc1oc(C)c(C(=O)Nc2cccc(CN3CCC(C(N)=O)CC3)c2)c1Br. The monoisotopic (exact) mass is 433 g/mol. The third-order valence-electron chi connectivity index (χ3n) is 4.99. The van der Waals surface area contributed by atoms with Crippen molar-refractivity contribution in [2.75, 3.05) is 18.4 Å². The lowest BCUT2D eigenvalue weighted by molar-refractivity contribution is -0.123. The fourth-order valence-electron chi connectivity index (χ4n) is 3.49. The van der Waals surface area contributed by atoms with E-state index in [0.717, 1.165) is 43.7 Å². The molecule has 3 N–H and O–H groups in total. The van der Waals surface area contributed by atoms with Crippen LogP contribution in [-0.4, -0.2) is 29.8 Å². The molecular weight excluding hydrogens is 410 g/mol. The number of hydrogen-bond acceptors (Lipinski definition) is 4. The molecule has 0 aliphatic carbocycles. The molecule has 6 nitrogen and oxygen atoms in total. The molecule has 144 valence electrons. The van der Waals surface area contributed by atoms with E-state index in [4.69, 9.17) is 10.2 Å². The van der Waals surface area contributed by atoms with Gasteiger partial charge in [-0.15, -0.1) is 0 Å². The number of likely N-dealkylation sites (tertiary alicyclic amines) is 1. The Morgan fingerprint density at radius 3 is 2.56 bits per heavy atom. The van der Waals surface area contributed by atoms with E-state index in [-0.39, 0.29) is 17.7 Å². The Morgan fingerprint density at radius 1 is 1.26 bits per heavy atom. The number of aryl methyl sites for hydroxylation is 2. The average Bonchev–Trinajstić information content (AvgIpc) is 2.88. The highest BCUT2D eigenvalue weighted by Gasteiger charge is 2.23. The summed E-state index contributed by atoms with van der Waals surface area (Å²) in [5, 5.41) is 2.94. The first kappa shape index (κ1) is 19.6. The molecule has 1 saturated heterocycles. The normalized spacial score (nSPS) is 15.7. The van der Waals surface area contributed by atoms with Crippen LogP contribution in [0.4, 0.5) is 5.69 Å². The highest BCUT2D eigenvalue weighted by molar-refractivity contribution is 9.10. The molecular formula is C20H24BrN3O3. The fourth-order valence-corrected chi connectivity index (χ4v) is 4.03. The van der Waals surface area contributed by atoms with Gasteiger partial charge in [0.05, 0.1) is 10.0 Å². The van der Waals surface area contributed by atoms with Gasteiger partial charge in [0.15, 0.2) is 0 Å². The van der Waals surface area contributed by atoms with Gasteiger partial charge in [0.25, 0.3) is 5.91 Å². The van der Waals surface area contributed by atoms with Crippen molar-refractivity contribution in [3.8, 4) is 0 Å². The lowest BCUT2D eigenvalue weighted by atomic mass is 9.96. The molecule has 0 radical (unpaired) electrons. The average molecular weight is 434 g/mol. The van der Waals surface area contributed by atoms with E-state index >= 15 is 0 Å². The van der Waals surface area contributed by atoms with Crippen molar-refractivity contribution in [1.82, 2.24) is 4.90 Å². The number of nitrogens with zero attached hydrogens (tertiary/aromatic N) is 1. The van der Waals surface area contributed by atoms with Crippen LogP contribution in [-0.2, 0) is 11.3 Å². The first-order chi connectivity index (χ1) is 12.8. The summed E-state index contributed by atoms with van der Waals surface area (Å²) in [7, 11) is 0. The van der Waals surface area contributed by atoms with E-state index in [9.17, 15) is 9.59 Å². The highest BCUT2D eigenvalue weighted by Crippen LogP contribution is 2.28. The van der Waals surface area contributed by atoms with Crippen LogP contribution in [0, 0.1) is 19.8 Å². The van der Waals surface area contributed by atoms with Gasteiger partial charge in [-0.3, -0.25) is 14.5 Å². The summed E-state index contributed by atoms with van der Waals surface area (Å²) in [6.45, 7) is 6.08. The Hall–Kier alpha value is -2.12. The minimum absolute atomic E-state index is 0.00743. The minimum Gasteiger partial charge on any atom is -0.465 e. The smallest absolute Gasteiger partial charge is 0.260 e. The molecule has 1 aromatic heterocycles. The molecule has 0 spiro atoms. The Morgan fingerprint density at radius 2 is 1.96 bits per heavy atom. The van der Waals surface area contributed by atoms with E-state index in [1.807, 2.05) is 31.2 Å². The zero-order valence-electron chi connectivity index (χ0n) is 15.5. The topological polar surface area (TPSA) is 88.6 Å². The highest BCUT2D eigenvalue weighted by atomic mass is 79.9. The Labute approximate surface area is 167 Å². The summed E-state index contributed by atoms with van der Waals surface area (Å²) >= 11 is 3.42. The maximum absolute atomic E-state index is 12.6. The van der Waals surface area contributed by atoms with Gasteiger partial charge in [-0.25, -0.2) is 0 Å². The molecule has 0 bridgehead atoms. The number of rotatable bonds is 5. The molecule has 0 atom stereocenters. The largest absolute Gasteiger partial charge is 0.465 e. The van der Waals surface area contributed by atoms with E-state index in [0.29, 0.717) is 21.6 Å². The number of amides is 2. The van der Waals surface area contributed by atoms with Gasteiger partial charge in [0.2, 0.25) is 5.91 Å². The summed E-state index contributed by atoms with van der Waals surface area (Å²) < 4.78 is 6.19. The van der Waals surface area contributed by atoms with Crippen LogP contribution in [0.2, 0.25) is 0 Å². The van der Waals surface area contributed by atoms with Crippen LogP contribution < -0.4 is 11.1 Å². The van der Waals surface area contributed by atoms with Gasteiger partial charge in [-0.1, -0.05) is 12.1 Å². The number of furan rings is 1. The number of carbonyl (C=O) groups is 2. The summed E-state index contributed by atoms with van der Waals surface area (Å²) in [5.74, 6) is 0.869. The molecule has 7 heteroatoms. The summed E-state index contributed by atoms with van der Waals surface area (Å²) in [5.41, 5.74) is 7.77. The number of nitrogens with two attached hydrogens (primary N) is 1. The van der Waals surface area contributed by atoms with Gasteiger partial charge in [-0.2, -0.15) is 0 Å². The lowest BCUT2D eigenvalue weighted by Gasteiger charge is -2.30. The van der Waals surface area contributed by atoms with Gasteiger partial charge in [-0.05, 0) is 73.4 Å². The minimum atomic E-state index is -0.199. The van der Waals surface area contributed by atoms with E-state index in [1.54, 1.807) is 6.92 Å². The third-order valence-corrected chi connectivity index (χ3v) is 5.95. The predicted octanol–water partition coefficient (Wildman–Crippen LogP) is 3.61. The number of primary amides is 1. The summed E-state index contributed by atoms with van der Waals surface area (Å²) in [4.78, 5) is 26.2. The van der Waals surface area contributed by atoms with E-state index in [2.05, 4.69) is 26.1 Å². The lowest BCUT2D eigenvalue weighted by Crippen LogP contribution is -2.38. The van der Waals surface area contributed by atoms with Gasteiger partial charge in [0.1, 0.15) is 11.5 Å². The number of halogens is 1.